The molecule has 0 heterocycles. The maximum Gasteiger partial charge on any atom is 2.00 e. The van der Waals surface area contributed by atoms with Crippen LogP contribution in [0.1, 0.15) is 20.3 Å². The van der Waals surface area contributed by atoms with Crippen molar-refractivity contribution in [2.45, 2.75) is 20.3 Å². The zero-order chi connectivity index (χ0) is 4.71. The molecule has 0 saturated heterocycles. The van der Waals surface area contributed by atoms with Gasteiger partial charge in [-0.05, 0) is 0 Å². The summed E-state index contributed by atoms with van der Waals surface area (Å²) in [7, 11) is 0. The van der Waals surface area contributed by atoms with Crippen molar-refractivity contribution in [1.82, 2.24) is 0 Å². The van der Waals surface area contributed by atoms with E-state index in [1.807, 2.05) is 6.92 Å². The van der Waals surface area contributed by atoms with Gasteiger partial charge in [-0.15, -0.1) is 0 Å². The molecule has 0 fully saturated rings. The number of hydrogen-bond donors (Lipinski definition) is 0. The summed E-state index contributed by atoms with van der Waals surface area (Å²) in [5, 5.41) is 0. The predicted octanol–water partition coefficient (Wildman–Crippen LogP) is 2.07. The first-order chi connectivity index (χ1) is 2.41. The largest absolute Gasteiger partial charge is 2.00 e. The molecule has 0 bridgehead atoms. The molecule has 6 heavy (non-hydrogen) atoms. The van der Waals surface area contributed by atoms with Gasteiger partial charge in [0.15, 0.2) is 0 Å². The molecule has 0 aromatic heterocycles. The Hall–Kier alpha value is 0.922. The average molecular weight is 185 g/mol. The van der Waals surface area contributed by atoms with Crippen LogP contribution in [0.2, 0.25) is 0 Å². The van der Waals surface area contributed by atoms with E-state index < -0.39 is 0 Å². The second-order valence-electron chi connectivity index (χ2n) is 0.500. The Morgan fingerprint density at radius 2 is 1.33 bits per heavy atom. The van der Waals surface area contributed by atoms with Gasteiger partial charge in [0.2, 0.25) is 0 Å². The van der Waals surface area contributed by atoms with E-state index in [4.69, 9.17) is 0 Å². The van der Waals surface area contributed by atoms with Gasteiger partial charge < -0.3 is 13.8 Å². The second kappa shape index (κ2) is 38.8. The summed E-state index contributed by atoms with van der Waals surface area (Å²) < 4.78 is 0. The minimum atomic E-state index is 0. The maximum absolute atomic E-state index is 3.49. The maximum atomic E-state index is 3.49. The fourth-order valence-electron chi connectivity index (χ4n) is 0. The van der Waals surface area contributed by atoms with Crippen molar-refractivity contribution < 1.29 is 27.3 Å². The Balaban J connectivity index is -0.0000000275. The van der Waals surface area contributed by atoms with Gasteiger partial charge in [-0.25, -0.2) is 0 Å². The van der Waals surface area contributed by atoms with Crippen LogP contribution in [0.4, 0.5) is 0 Å². The van der Waals surface area contributed by atoms with Gasteiger partial charge >= 0.3 is 27.3 Å². The van der Waals surface area contributed by atoms with E-state index in [1.165, 1.54) is 0 Å². The fourth-order valence-corrected chi connectivity index (χ4v) is 0. The molecule has 0 aliphatic heterocycles. The predicted molar refractivity (Wildman–Crippen MR) is 26.7 cm³/mol. The van der Waals surface area contributed by atoms with E-state index in [2.05, 4.69) is 13.8 Å². The molecule has 0 atom stereocenters. The summed E-state index contributed by atoms with van der Waals surface area (Å²) in [6.07, 6.45) is 1.00. The third kappa shape index (κ3) is 89.1. The van der Waals surface area contributed by atoms with Crippen LogP contribution in [-0.2, 0) is 27.3 Å². The Morgan fingerprint density at radius 3 is 1.33 bits per heavy atom. The van der Waals surface area contributed by atoms with Gasteiger partial charge in [0.05, 0.1) is 0 Å². The van der Waals surface area contributed by atoms with E-state index in [1.54, 1.807) is 6.92 Å². The molecule has 0 saturated carbocycles. The summed E-state index contributed by atoms with van der Waals surface area (Å²) in [6.45, 7) is 10.5. The van der Waals surface area contributed by atoms with Crippen LogP contribution in [0.3, 0.4) is 0 Å². The Morgan fingerprint density at radius 1 is 1.33 bits per heavy atom. The first-order valence-electron chi connectivity index (χ1n) is 1.91. The Labute approximate surface area is 61.5 Å². The SMILES string of the molecule is [CH2-]C.[CH2-]CC.[Cd+2]. The van der Waals surface area contributed by atoms with Gasteiger partial charge in [0, 0.05) is 0 Å². The van der Waals surface area contributed by atoms with Crippen molar-refractivity contribution in [2.24, 2.45) is 0 Å². The molecule has 0 aliphatic rings. The van der Waals surface area contributed by atoms with Crippen molar-refractivity contribution in [3.63, 3.8) is 0 Å². The first-order valence-corrected chi connectivity index (χ1v) is 1.91. The average Bonchev–Trinajstić information content (AvgIpc) is 1.46. The quantitative estimate of drug-likeness (QED) is 0.399. The minimum absolute atomic E-state index is 0. The summed E-state index contributed by atoms with van der Waals surface area (Å²) in [5.74, 6) is 0. The topological polar surface area (TPSA) is 0 Å². The van der Waals surface area contributed by atoms with Crippen molar-refractivity contribution in [1.29, 1.82) is 0 Å². The zero-order valence-electron chi connectivity index (χ0n) is 4.83. The van der Waals surface area contributed by atoms with Crippen molar-refractivity contribution >= 4 is 0 Å². The van der Waals surface area contributed by atoms with Gasteiger partial charge in [0.1, 0.15) is 0 Å². The Kier molecular flexibility index (Phi) is 102. The van der Waals surface area contributed by atoms with Crippen LogP contribution in [0.15, 0.2) is 0 Å². The molecule has 0 N–H and O–H groups in total. The van der Waals surface area contributed by atoms with Gasteiger partial charge in [-0.1, -0.05) is 6.92 Å². The van der Waals surface area contributed by atoms with E-state index in [9.17, 15) is 0 Å². The molecule has 0 aromatic rings. The number of rotatable bonds is 0. The summed E-state index contributed by atoms with van der Waals surface area (Å²) >= 11 is 0. The van der Waals surface area contributed by atoms with Gasteiger partial charge in [-0.2, -0.15) is 13.3 Å². The summed E-state index contributed by atoms with van der Waals surface area (Å²) in [6, 6.07) is 0. The van der Waals surface area contributed by atoms with Crippen LogP contribution < -0.4 is 0 Å². The molecule has 0 spiro atoms. The normalized spacial score (nSPS) is 4.00. The molecule has 0 aromatic carbocycles. The Bertz CT molecular complexity index is 3.90. The van der Waals surface area contributed by atoms with Gasteiger partial charge in [-0.3, -0.25) is 0 Å². The zero-order valence-corrected chi connectivity index (χ0v) is 8.86. The number of hydrogen-bond acceptors (Lipinski definition) is 0. The first kappa shape index (κ1) is 15.8. The van der Waals surface area contributed by atoms with Gasteiger partial charge in [0.25, 0.3) is 0 Å². The van der Waals surface area contributed by atoms with Crippen molar-refractivity contribution in [3.05, 3.63) is 13.8 Å². The fraction of sp³-hybridized carbons (Fsp3) is 0.600. The third-order valence-corrected chi connectivity index (χ3v) is 0. The molecular weight excluding hydrogens is 172 g/mol. The smallest absolute Gasteiger partial charge is 0.346 e. The van der Waals surface area contributed by atoms with Crippen LogP contribution in [0, 0.1) is 13.8 Å². The van der Waals surface area contributed by atoms with E-state index in [0.29, 0.717) is 0 Å². The van der Waals surface area contributed by atoms with Crippen LogP contribution in [-0.4, -0.2) is 0 Å². The van der Waals surface area contributed by atoms with Crippen molar-refractivity contribution in [3.8, 4) is 0 Å². The molecule has 0 rings (SSSR count). The molecule has 0 aliphatic carbocycles. The van der Waals surface area contributed by atoms with E-state index >= 15 is 0 Å². The molecule has 34 valence electrons. The minimum Gasteiger partial charge on any atom is -0.346 e. The molecule has 0 unspecified atom stereocenters. The van der Waals surface area contributed by atoms with E-state index in [-0.39, 0.29) is 27.3 Å². The summed E-state index contributed by atoms with van der Waals surface area (Å²) in [5.41, 5.74) is 0. The second-order valence-corrected chi connectivity index (χ2v) is 0.500. The van der Waals surface area contributed by atoms with Crippen LogP contribution >= 0.6 is 0 Å². The van der Waals surface area contributed by atoms with E-state index in [0.717, 1.165) is 6.42 Å². The molecule has 0 nitrogen and oxygen atoms in total. The monoisotopic (exact) mass is 186 g/mol. The molecule has 0 amide bonds. The van der Waals surface area contributed by atoms with Crippen LogP contribution in [0.25, 0.3) is 0 Å². The van der Waals surface area contributed by atoms with Crippen LogP contribution in [0.5, 0.6) is 0 Å². The molecule has 1 heteroatoms. The molecule has 0 radical (unpaired) electrons. The summed E-state index contributed by atoms with van der Waals surface area (Å²) in [4.78, 5) is 0. The molecular formula is C5H12Cd. The van der Waals surface area contributed by atoms with Crippen molar-refractivity contribution in [2.75, 3.05) is 0 Å². The standard InChI is InChI=1S/C3H7.C2H5.Cd/c1-3-2;1-2;/h1,3H2,2H3;1H2,2H3;/q2*-1;+2. The third-order valence-electron chi connectivity index (χ3n) is 0.